The number of hydrogen-bond donors (Lipinski definition) is 1. The molecule has 3 heteroatoms. The molecule has 0 radical (unpaired) electrons. The minimum absolute atomic E-state index is 0.505. The third-order valence-electron chi connectivity index (χ3n) is 2.49. The van der Waals surface area contributed by atoms with E-state index in [4.69, 9.17) is 4.42 Å². The average molecular weight is 210 g/mol. The molecule has 0 saturated heterocycles. The Kier molecular flexibility index (Phi) is 4.85. The van der Waals surface area contributed by atoms with Crippen molar-refractivity contribution in [3.8, 4) is 0 Å². The number of rotatable bonds is 6. The summed E-state index contributed by atoms with van der Waals surface area (Å²) in [4.78, 5) is 2.21. The molecule has 15 heavy (non-hydrogen) atoms. The third kappa shape index (κ3) is 4.49. The van der Waals surface area contributed by atoms with Crippen molar-refractivity contribution in [2.24, 2.45) is 5.92 Å². The standard InChI is InChI=1S/C12H22N2O/c1-10(2)12(9-14(3)4)13-8-11-6-5-7-15-11/h5-7,10,12-13H,8-9H2,1-4H3. The first-order chi connectivity index (χ1) is 7.09. The van der Waals surface area contributed by atoms with Gasteiger partial charge in [0.1, 0.15) is 5.76 Å². The predicted octanol–water partition coefficient (Wildman–Crippen LogP) is 1.96. The van der Waals surface area contributed by atoms with E-state index in [0.29, 0.717) is 12.0 Å². The van der Waals surface area contributed by atoms with Gasteiger partial charge in [0.15, 0.2) is 0 Å². The zero-order valence-electron chi connectivity index (χ0n) is 10.2. The fourth-order valence-electron chi connectivity index (χ4n) is 1.55. The van der Waals surface area contributed by atoms with Gasteiger partial charge in [-0.05, 0) is 32.1 Å². The lowest BCUT2D eigenvalue weighted by atomic mass is 10.0. The Morgan fingerprint density at radius 3 is 2.60 bits per heavy atom. The summed E-state index contributed by atoms with van der Waals surface area (Å²) in [5.41, 5.74) is 0. The van der Waals surface area contributed by atoms with Crippen molar-refractivity contribution in [3.05, 3.63) is 24.2 Å². The normalized spacial score (nSPS) is 13.7. The van der Waals surface area contributed by atoms with Gasteiger partial charge < -0.3 is 14.6 Å². The molecule has 0 bridgehead atoms. The summed E-state index contributed by atoms with van der Waals surface area (Å²) >= 11 is 0. The molecule has 1 aromatic rings. The second-order valence-corrected chi connectivity index (χ2v) is 4.57. The van der Waals surface area contributed by atoms with E-state index >= 15 is 0 Å². The number of nitrogens with zero attached hydrogens (tertiary/aromatic N) is 1. The first-order valence-electron chi connectivity index (χ1n) is 5.50. The van der Waals surface area contributed by atoms with E-state index in [1.807, 2.05) is 12.1 Å². The van der Waals surface area contributed by atoms with Gasteiger partial charge in [0.25, 0.3) is 0 Å². The van der Waals surface area contributed by atoms with E-state index in [1.165, 1.54) is 0 Å². The Bertz CT molecular complexity index is 255. The van der Waals surface area contributed by atoms with Crippen molar-refractivity contribution >= 4 is 0 Å². The Labute approximate surface area is 92.5 Å². The molecule has 86 valence electrons. The largest absolute Gasteiger partial charge is 0.468 e. The number of furan rings is 1. The quantitative estimate of drug-likeness (QED) is 0.778. The molecule has 1 rings (SSSR count). The Morgan fingerprint density at radius 2 is 2.13 bits per heavy atom. The van der Waals surface area contributed by atoms with Gasteiger partial charge in [0, 0.05) is 12.6 Å². The van der Waals surface area contributed by atoms with E-state index in [9.17, 15) is 0 Å². The summed E-state index contributed by atoms with van der Waals surface area (Å²) in [6.07, 6.45) is 1.72. The van der Waals surface area contributed by atoms with Crippen molar-refractivity contribution in [3.63, 3.8) is 0 Å². The molecule has 0 aliphatic carbocycles. The predicted molar refractivity (Wildman–Crippen MR) is 62.7 cm³/mol. The van der Waals surface area contributed by atoms with Gasteiger partial charge in [-0.25, -0.2) is 0 Å². The molecule has 0 aliphatic heterocycles. The minimum Gasteiger partial charge on any atom is -0.468 e. The van der Waals surface area contributed by atoms with Crippen molar-refractivity contribution in [1.29, 1.82) is 0 Å². The average Bonchev–Trinajstić information content (AvgIpc) is 2.63. The van der Waals surface area contributed by atoms with Crippen LogP contribution in [0.2, 0.25) is 0 Å². The van der Waals surface area contributed by atoms with Gasteiger partial charge in [-0.2, -0.15) is 0 Å². The van der Waals surface area contributed by atoms with Gasteiger partial charge in [0.05, 0.1) is 12.8 Å². The molecule has 3 nitrogen and oxygen atoms in total. The highest BCUT2D eigenvalue weighted by molar-refractivity contribution is 4.98. The van der Waals surface area contributed by atoms with E-state index < -0.39 is 0 Å². The summed E-state index contributed by atoms with van der Waals surface area (Å²) in [6, 6.07) is 4.43. The summed E-state index contributed by atoms with van der Waals surface area (Å²) < 4.78 is 5.29. The zero-order valence-corrected chi connectivity index (χ0v) is 10.2. The highest BCUT2D eigenvalue weighted by Crippen LogP contribution is 2.05. The molecule has 1 N–H and O–H groups in total. The monoisotopic (exact) mass is 210 g/mol. The van der Waals surface area contributed by atoms with Crippen LogP contribution in [0.4, 0.5) is 0 Å². The number of nitrogens with one attached hydrogen (secondary N) is 1. The summed E-state index contributed by atoms with van der Waals surface area (Å²) in [6.45, 7) is 6.34. The molecule has 1 atom stereocenters. The highest BCUT2D eigenvalue weighted by atomic mass is 16.3. The van der Waals surface area contributed by atoms with Crippen molar-refractivity contribution in [2.75, 3.05) is 20.6 Å². The molecule has 1 heterocycles. The van der Waals surface area contributed by atoms with E-state index in [-0.39, 0.29) is 0 Å². The molecule has 0 saturated carbocycles. The summed E-state index contributed by atoms with van der Waals surface area (Å²) in [5.74, 6) is 1.63. The molecule has 1 unspecified atom stereocenters. The van der Waals surface area contributed by atoms with Crippen LogP contribution in [0.25, 0.3) is 0 Å². The second kappa shape index (κ2) is 5.93. The van der Waals surface area contributed by atoms with Crippen LogP contribution in [0.3, 0.4) is 0 Å². The molecular formula is C12H22N2O. The van der Waals surface area contributed by atoms with E-state index in [1.54, 1.807) is 6.26 Å². The lowest BCUT2D eigenvalue weighted by Gasteiger charge is -2.25. The Balaban J connectivity index is 2.38. The van der Waals surface area contributed by atoms with Crippen LogP contribution in [0, 0.1) is 5.92 Å². The fraction of sp³-hybridized carbons (Fsp3) is 0.667. The molecule has 1 aromatic heterocycles. The summed E-state index contributed by atoms with van der Waals surface area (Å²) in [7, 11) is 4.20. The number of hydrogen-bond acceptors (Lipinski definition) is 3. The van der Waals surface area contributed by atoms with Crippen LogP contribution in [0.1, 0.15) is 19.6 Å². The van der Waals surface area contributed by atoms with Gasteiger partial charge in [-0.1, -0.05) is 13.8 Å². The molecular weight excluding hydrogens is 188 g/mol. The van der Waals surface area contributed by atoms with E-state index in [0.717, 1.165) is 18.8 Å². The van der Waals surface area contributed by atoms with Crippen molar-refractivity contribution in [1.82, 2.24) is 10.2 Å². The smallest absolute Gasteiger partial charge is 0.117 e. The highest BCUT2D eigenvalue weighted by Gasteiger charge is 2.13. The fourth-order valence-corrected chi connectivity index (χ4v) is 1.55. The van der Waals surface area contributed by atoms with Gasteiger partial charge >= 0.3 is 0 Å². The summed E-state index contributed by atoms with van der Waals surface area (Å²) in [5, 5.41) is 3.52. The maximum atomic E-state index is 5.29. The molecule has 0 spiro atoms. The molecule has 0 amide bonds. The lowest BCUT2D eigenvalue weighted by molar-refractivity contribution is 0.282. The maximum absolute atomic E-state index is 5.29. The Hall–Kier alpha value is -0.800. The molecule has 0 fully saturated rings. The number of likely N-dealkylation sites (N-methyl/N-ethyl adjacent to an activating group) is 1. The van der Waals surface area contributed by atoms with Crippen LogP contribution in [0.5, 0.6) is 0 Å². The van der Waals surface area contributed by atoms with Gasteiger partial charge in [-0.15, -0.1) is 0 Å². The van der Waals surface area contributed by atoms with Gasteiger partial charge in [-0.3, -0.25) is 0 Å². The first kappa shape index (κ1) is 12.3. The molecule has 0 aliphatic rings. The van der Waals surface area contributed by atoms with Crippen LogP contribution in [-0.4, -0.2) is 31.6 Å². The SMILES string of the molecule is CC(C)C(CN(C)C)NCc1ccco1. The second-order valence-electron chi connectivity index (χ2n) is 4.57. The van der Waals surface area contributed by atoms with E-state index in [2.05, 4.69) is 38.2 Å². The molecule has 0 aromatic carbocycles. The first-order valence-corrected chi connectivity index (χ1v) is 5.50. The van der Waals surface area contributed by atoms with Crippen LogP contribution in [0.15, 0.2) is 22.8 Å². The minimum atomic E-state index is 0.505. The van der Waals surface area contributed by atoms with Crippen LogP contribution in [-0.2, 0) is 6.54 Å². The lowest BCUT2D eigenvalue weighted by Crippen LogP contribution is -2.41. The van der Waals surface area contributed by atoms with Crippen LogP contribution < -0.4 is 5.32 Å². The maximum Gasteiger partial charge on any atom is 0.117 e. The van der Waals surface area contributed by atoms with Crippen molar-refractivity contribution < 1.29 is 4.42 Å². The third-order valence-corrected chi connectivity index (χ3v) is 2.49. The Morgan fingerprint density at radius 1 is 1.40 bits per heavy atom. The van der Waals surface area contributed by atoms with Crippen LogP contribution >= 0.6 is 0 Å². The zero-order chi connectivity index (χ0) is 11.3. The van der Waals surface area contributed by atoms with Gasteiger partial charge in [0.2, 0.25) is 0 Å². The topological polar surface area (TPSA) is 28.4 Å². The van der Waals surface area contributed by atoms with Crippen molar-refractivity contribution in [2.45, 2.75) is 26.4 Å².